The van der Waals surface area contributed by atoms with Crippen LogP contribution in [0.3, 0.4) is 0 Å². The minimum Gasteiger partial charge on any atom is -0.379 e. The number of carbonyl (C=O) groups is 1. The fourth-order valence-electron chi connectivity index (χ4n) is 2.48. The number of anilines is 1. The Kier molecular flexibility index (Phi) is 6.62. The molecule has 2 aliphatic rings. The number of hydrogen-bond donors (Lipinski definition) is 1. The standard InChI is InChI=1S/C16H21N3O4S3/c1-12(25-16-17-6-11-24-16)15(20)18-13-2-4-14(5-3-13)26(21,22)19-7-9-23-10-8-19/h2-5,12H,6-11H2,1H3,(H,18,20)/t12-/m1/s1. The van der Waals surface area contributed by atoms with Gasteiger partial charge in [-0.25, -0.2) is 8.42 Å². The van der Waals surface area contributed by atoms with E-state index in [-0.39, 0.29) is 16.1 Å². The molecule has 1 fully saturated rings. The first-order valence-corrected chi connectivity index (χ1v) is 11.6. The molecule has 3 rings (SSSR count). The van der Waals surface area contributed by atoms with Crippen LogP contribution < -0.4 is 5.32 Å². The number of nitrogens with one attached hydrogen (secondary N) is 1. The third-order valence-electron chi connectivity index (χ3n) is 3.93. The Balaban J connectivity index is 1.61. The first-order chi connectivity index (χ1) is 12.5. The lowest BCUT2D eigenvalue weighted by Crippen LogP contribution is -2.40. The molecule has 7 nitrogen and oxygen atoms in total. The molecule has 1 amide bonds. The summed E-state index contributed by atoms with van der Waals surface area (Å²) < 4.78 is 32.7. The minimum absolute atomic E-state index is 0.131. The van der Waals surface area contributed by atoms with E-state index >= 15 is 0 Å². The third kappa shape index (κ3) is 4.80. The maximum Gasteiger partial charge on any atom is 0.243 e. The van der Waals surface area contributed by atoms with Crippen LogP contribution in [0.25, 0.3) is 0 Å². The van der Waals surface area contributed by atoms with Gasteiger partial charge in [0.05, 0.1) is 29.9 Å². The number of amides is 1. The van der Waals surface area contributed by atoms with E-state index in [0.717, 1.165) is 16.7 Å². The van der Waals surface area contributed by atoms with Crippen molar-refractivity contribution in [1.82, 2.24) is 4.31 Å². The lowest BCUT2D eigenvalue weighted by molar-refractivity contribution is -0.115. The fourth-order valence-corrected chi connectivity index (χ4v) is 6.02. The van der Waals surface area contributed by atoms with Gasteiger partial charge in [-0.15, -0.1) is 0 Å². The van der Waals surface area contributed by atoms with Crippen LogP contribution in [0.1, 0.15) is 6.92 Å². The number of aliphatic imine (C=N–C) groups is 1. The van der Waals surface area contributed by atoms with Gasteiger partial charge in [0, 0.05) is 24.5 Å². The molecule has 10 heteroatoms. The molecule has 2 aliphatic heterocycles. The third-order valence-corrected chi connectivity index (χ3v) is 8.15. The summed E-state index contributed by atoms with van der Waals surface area (Å²) >= 11 is 3.11. The zero-order chi connectivity index (χ0) is 18.6. The molecule has 0 bridgehead atoms. The fraction of sp³-hybridized carbons (Fsp3) is 0.500. The van der Waals surface area contributed by atoms with Crippen molar-refractivity contribution in [3.8, 4) is 0 Å². The molecule has 142 valence electrons. The van der Waals surface area contributed by atoms with Gasteiger partial charge in [0.2, 0.25) is 15.9 Å². The molecule has 1 N–H and O–H groups in total. The van der Waals surface area contributed by atoms with Gasteiger partial charge in [0.1, 0.15) is 4.38 Å². The van der Waals surface area contributed by atoms with Gasteiger partial charge in [0.25, 0.3) is 0 Å². The largest absolute Gasteiger partial charge is 0.379 e. The van der Waals surface area contributed by atoms with E-state index in [0.29, 0.717) is 32.0 Å². The Bertz CT molecular complexity index is 774. The molecule has 2 heterocycles. The number of morpholine rings is 1. The zero-order valence-electron chi connectivity index (χ0n) is 14.4. The molecule has 1 atom stereocenters. The second-order valence-electron chi connectivity index (χ2n) is 5.79. The van der Waals surface area contributed by atoms with Crippen LogP contribution in [-0.2, 0) is 19.6 Å². The summed E-state index contributed by atoms with van der Waals surface area (Å²) in [6.45, 7) is 4.17. The average molecular weight is 416 g/mol. The van der Waals surface area contributed by atoms with Crippen LogP contribution in [0.5, 0.6) is 0 Å². The van der Waals surface area contributed by atoms with E-state index in [1.54, 1.807) is 23.9 Å². The normalized spacial score (nSPS) is 19.8. The number of rotatable bonds is 5. The van der Waals surface area contributed by atoms with Crippen molar-refractivity contribution in [3.63, 3.8) is 0 Å². The molecule has 0 radical (unpaired) electrons. The lowest BCUT2D eigenvalue weighted by Gasteiger charge is -2.26. The Morgan fingerprint density at radius 3 is 2.62 bits per heavy atom. The highest BCUT2D eigenvalue weighted by molar-refractivity contribution is 8.39. The molecule has 0 spiro atoms. The van der Waals surface area contributed by atoms with E-state index < -0.39 is 10.0 Å². The minimum atomic E-state index is -3.52. The predicted octanol–water partition coefficient (Wildman–Crippen LogP) is 1.87. The van der Waals surface area contributed by atoms with Crippen molar-refractivity contribution in [2.75, 3.05) is 43.9 Å². The second kappa shape index (κ2) is 8.75. The number of thioether (sulfide) groups is 2. The summed E-state index contributed by atoms with van der Waals surface area (Å²) in [4.78, 5) is 16.8. The molecular weight excluding hydrogens is 394 g/mol. The van der Waals surface area contributed by atoms with Crippen molar-refractivity contribution in [2.24, 2.45) is 4.99 Å². The summed E-state index contributed by atoms with van der Waals surface area (Å²) in [6.07, 6.45) is 0. The zero-order valence-corrected chi connectivity index (χ0v) is 16.8. The lowest BCUT2D eigenvalue weighted by atomic mass is 10.3. The molecule has 1 aromatic rings. The SMILES string of the molecule is C[C@@H](SC1=NCCS1)C(=O)Nc1ccc(S(=O)(=O)N2CCOCC2)cc1. The molecule has 0 saturated carbocycles. The Hall–Kier alpha value is -1.07. The summed E-state index contributed by atoms with van der Waals surface area (Å²) in [7, 11) is -3.52. The summed E-state index contributed by atoms with van der Waals surface area (Å²) in [6, 6.07) is 6.28. The van der Waals surface area contributed by atoms with Crippen molar-refractivity contribution in [3.05, 3.63) is 24.3 Å². The number of nitrogens with zero attached hydrogens (tertiary/aromatic N) is 2. The number of sulfonamides is 1. The number of benzene rings is 1. The van der Waals surface area contributed by atoms with Crippen LogP contribution in [0, 0.1) is 0 Å². The van der Waals surface area contributed by atoms with E-state index in [2.05, 4.69) is 10.3 Å². The van der Waals surface area contributed by atoms with Gasteiger partial charge in [-0.05, 0) is 31.2 Å². The topological polar surface area (TPSA) is 88.1 Å². The van der Waals surface area contributed by atoms with Gasteiger partial charge in [-0.3, -0.25) is 9.79 Å². The van der Waals surface area contributed by atoms with E-state index in [4.69, 9.17) is 4.74 Å². The van der Waals surface area contributed by atoms with E-state index in [1.165, 1.54) is 28.2 Å². The van der Waals surface area contributed by atoms with Gasteiger partial charge < -0.3 is 10.1 Å². The molecule has 1 aromatic carbocycles. The molecule has 1 saturated heterocycles. The first kappa shape index (κ1) is 19.7. The highest BCUT2D eigenvalue weighted by Gasteiger charge is 2.26. The van der Waals surface area contributed by atoms with Gasteiger partial charge in [0.15, 0.2) is 0 Å². The van der Waals surface area contributed by atoms with Gasteiger partial charge >= 0.3 is 0 Å². The molecule has 0 aromatic heterocycles. The highest BCUT2D eigenvalue weighted by Crippen LogP contribution is 2.26. The summed E-state index contributed by atoms with van der Waals surface area (Å²) in [5.74, 6) is 0.837. The predicted molar refractivity (Wildman–Crippen MR) is 106 cm³/mol. The Morgan fingerprint density at radius 1 is 1.31 bits per heavy atom. The first-order valence-electron chi connectivity index (χ1n) is 8.29. The Morgan fingerprint density at radius 2 is 2.00 bits per heavy atom. The number of ether oxygens (including phenoxy) is 1. The maximum atomic E-state index is 12.6. The van der Waals surface area contributed by atoms with E-state index in [9.17, 15) is 13.2 Å². The van der Waals surface area contributed by atoms with E-state index in [1.807, 2.05) is 6.92 Å². The van der Waals surface area contributed by atoms with Crippen molar-refractivity contribution < 1.29 is 17.9 Å². The van der Waals surface area contributed by atoms with Crippen LogP contribution in [0.4, 0.5) is 5.69 Å². The summed E-state index contributed by atoms with van der Waals surface area (Å²) in [5.41, 5.74) is 0.574. The van der Waals surface area contributed by atoms with Gasteiger partial charge in [-0.2, -0.15) is 4.31 Å². The highest BCUT2D eigenvalue weighted by atomic mass is 32.2. The molecule has 0 unspecified atom stereocenters. The summed E-state index contributed by atoms with van der Waals surface area (Å²) in [5, 5.41) is 2.55. The monoisotopic (exact) mass is 415 g/mol. The van der Waals surface area contributed by atoms with Crippen molar-refractivity contribution in [1.29, 1.82) is 0 Å². The molecular formula is C16H21N3O4S3. The van der Waals surface area contributed by atoms with Crippen molar-refractivity contribution >= 4 is 49.5 Å². The number of hydrogen-bond acceptors (Lipinski definition) is 7. The van der Waals surface area contributed by atoms with Crippen LogP contribution in [0.15, 0.2) is 34.2 Å². The Labute approximate surface area is 162 Å². The van der Waals surface area contributed by atoms with Gasteiger partial charge in [-0.1, -0.05) is 23.5 Å². The quantitative estimate of drug-likeness (QED) is 0.790. The number of carbonyl (C=O) groups excluding carboxylic acids is 1. The van der Waals surface area contributed by atoms with Crippen LogP contribution in [-0.4, -0.2) is 66.9 Å². The maximum absolute atomic E-state index is 12.6. The molecule has 26 heavy (non-hydrogen) atoms. The van der Waals surface area contributed by atoms with Crippen LogP contribution >= 0.6 is 23.5 Å². The van der Waals surface area contributed by atoms with Crippen LogP contribution in [0.2, 0.25) is 0 Å². The molecule has 0 aliphatic carbocycles. The van der Waals surface area contributed by atoms with Crippen molar-refractivity contribution in [2.45, 2.75) is 17.1 Å². The average Bonchev–Trinajstić information content (AvgIpc) is 3.16. The second-order valence-corrected chi connectivity index (χ2v) is 10.4. The smallest absolute Gasteiger partial charge is 0.243 e.